The highest BCUT2D eigenvalue weighted by Crippen LogP contribution is 2.40. The number of imide groups is 1. The number of carbonyl (C=O) groups is 2. The van der Waals surface area contributed by atoms with Gasteiger partial charge in [-0.05, 0) is 38.1 Å². The number of benzene rings is 2. The lowest BCUT2D eigenvalue weighted by atomic mass is 9.95. The Balaban J connectivity index is 1.88. The molecule has 0 atom stereocenters. The van der Waals surface area contributed by atoms with Crippen LogP contribution in [-0.4, -0.2) is 33.3 Å². The fraction of sp³-hybridized carbons (Fsp3) is 0.167. The summed E-state index contributed by atoms with van der Waals surface area (Å²) in [5.74, 6) is -0.530. The summed E-state index contributed by atoms with van der Waals surface area (Å²) in [5, 5.41) is 1.93. The zero-order chi connectivity index (χ0) is 20.4. The number of nitrogens with zero attached hydrogens (tertiary/aromatic N) is 2. The van der Waals surface area contributed by atoms with Gasteiger partial charge in [0.25, 0.3) is 11.8 Å². The molecule has 1 aliphatic rings. The Hall–Kier alpha value is -3.60. The SMILES string of the molecule is Cc1ccc2[nH]cc(C3=C(c4cn(C)c5ccc(C)cc45)C(=O)N(C)C3=O)c2c1. The van der Waals surface area contributed by atoms with Gasteiger partial charge in [-0.1, -0.05) is 23.3 Å². The molecule has 144 valence electrons. The van der Waals surface area contributed by atoms with E-state index in [0.717, 1.165) is 44.1 Å². The number of amides is 2. The van der Waals surface area contributed by atoms with Crippen molar-refractivity contribution in [1.82, 2.24) is 14.5 Å². The Bertz CT molecular complexity index is 1380. The fourth-order valence-electron chi connectivity index (χ4n) is 4.29. The third-order valence-electron chi connectivity index (χ3n) is 5.81. The molecule has 29 heavy (non-hydrogen) atoms. The number of aryl methyl sites for hydroxylation is 3. The molecule has 1 N–H and O–H groups in total. The summed E-state index contributed by atoms with van der Waals surface area (Å²) in [6, 6.07) is 12.3. The molecule has 3 heterocycles. The quantitative estimate of drug-likeness (QED) is 0.528. The molecule has 2 aromatic carbocycles. The summed E-state index contributed by atoms with van der Waals surface area (Å²) < 4.78 is 2.00. The highest BCUT2D eigenvalue weighted by molar-refractivity contribution is 6.50. The summed E-state index contributed by atoms with van der Waals surface area (Å²) in [4.78, 5) is 30.8. The molecule has 5 heteroatoms. The van der Waals surface area contributed by atoms with Crippen LogP contribution in [0, 0.1) is 13.8 Å². The second kappa shape index (κ2) is 5.95. The maximum Gasteiger partial charge on any atom is 0.261 e. The molecular formula is C24H21N3O2. The fourth-order valence-corrected chi connectivity index (χ4v) is 4.29. The van der Waals surface area contributed by atoms with Crippen molar-refractivity contribution in [2.75, 3.05) is 7.05 Å². The Labute approximate surface area is 168 Å². The number of hydrogen-bond donors (Lipinski definition) is 1. The number of hydrogen-bond acceptors (Lipinski definition) is 2. The standard InChI is InChI=1S/C24H21N3O2/c1-13-5-7-19-15(9-13)17(11-25-19)21-22(24(29)27(4)23(21)28)18-12-26(3)20-8-6-14(2)10-16(18)20/h5-12,25H,1-4H3. The molecule has 0 saturated heterocycles. The monoisotopic (exact) mass is 383 g/mol. The summed E-state index contributed by atoms with van der Waals surface area (Å²) in [7, 11) is 3.51. The Morgan fingerprint density at radius 2 is 1.41 bits per heavy atom. The zero-order valence-corrected chi connectivity index (χ0v) is 16.8. The number of carbonyl (C=O) groups excluding carboxylic acids is 2. The third kappa shape index (κ3) is 2.40. The van der Waals surface area contributed by atoms with Gasteiger partial charge in [-0.2, -0.15) is 0 Å². The lowest BCUT2D eigenvalue weighted by Crippen LogP contribution is -2.26. The minimum absolute atomic E-state index is 0.263. The molecule has 0 fully saturated rings. The Kier molecular flexibility index (Phi) is 3.59. The highest BCUT2D eigenvalue weighted by Gasteiger charge is 2.39. The molecular weight excluding hydrogens is 362 g/mol. The second-order valence-electron chi connectivity index (χ2n) is 7.84. The van der Waals surface area contributed by atoms with Crippen molar-refractivity contribution in [2.45, 2.75) is 13.8 Å². The van der Waals surface area contributed by atoms with Crippen molar-refractivity contribution in [3.8, 4) is 0 Å². The highest BCUT2D eigenvalue weighted by atomic mass is 16.2. The largest absolute Gasteiger partial charge is 0.361 e. The smallest absolute Gasteiger partial charge is 0.261 e. The van der Waals surface area contributed by atoms with Gasteiger partial charge in [0.1, 0.15) is 0 Å². The topological polar surface area (TPSA) is 58.1 Å². The van der Waals surface area contributed by atoms with Gasteiger partial charge in [-0.3, -0.25) is 14.5 Å². The number of aromatic amines is 1. The summed E-state index contributed by atoms with van der Waals surface area (Å²) >= 11 is 0. The van der Waals surface area contributed by atoms with E-state index in [1.807, 2.05) is 50.0 Å². The zero-order valence-electron chi connectivity index (χ0n) is 16.8. The van der Waals surface area contributed by atoms with Gasteiger partial charge >= 0.3 is 0 Å². The molecule has 0 aliphatic carbocycles. The predicted molar refractivity (Wildman–Crippen MR) is 115 cm³/mol. The first kappa shape index (κ1) is 17.5. The minimum atomic E-state index is -0.267. The van der Waals surface area contributed by atoms with E-state index in [0.29, 0.717) is 11.1 Å². The Morgan fingerprint density at radius 1 is 0.793 bits per heavy atom. The van der Waals surface area contributed by atoms with Crippen LogP contribution in [0.2, 0.25) is 0 Å². The van der Waals surface area contributed by atoms with Crippen molar-refractivity contribution in [3.63, 3.8) is 0 Å². The first-order chi connectivity index (χ1) is 13.9. The number of fused-ring (bicyclic) bond motifs is 2. The van der Waals surface area contributed by atoms with E-state index in [9.17, 15) is 9.59 Å². The molecule has 0 unspecified atom stereocenters. The van der Waals surface area contributed by atoms with Crippen LogP contribution in [0.15, 0.2) is 48.8 Å². The first-order valence-electron chi connectivity index (χ1n) is 9.57. The molecule has 5 rings (SSSR count). The van der Waals surface area contributed by atoms with Crippen molar-refractivity contribution in [1.29, 1.82) is 0 Å². The van der Waals surface area contributed by atoms with Gasteiger partial charge in [0.05, 0.1) is 11.1 Å². The van der Waals surface area contributed by atoms with E-state index in [1.54, 1.807) is 7.05 Å². The predicted octanol–water partition coefficient (Wildman–Crippen LogP) is 4.19. The minimum Gasteiger partial charge on any atom is -0.361 e. The first-order valence-corrected chi connectivity index (χ1v) is 9.57. The van der Waals surface area contributed by atoms with Crippen LogP contribution < -0.4 is 0 Å². The van der Waals surface area contributed by atoms with Gasteiger partial charge in [0, 0.05) is 59.4 Å². The number of aromatic nitrogens is 2. The van der Waals surface area contributed by atoms with Crippen molar-refractivity contribution >= 4 is 44.8 Å². The number of nitrogens with one attached hydrogen (secondary N) is 1. The maximum atomic E-state index is 13.2. The summed E-state index contributed by atoms with van der Waals surface area (Å²) in [6.45, 7) is 4.05. The molecule has 1 aliphatic heterocycles. The Morgan fingerprint density at radius 3 is 2.14 bits per heavy atom. The third-order valence-corrected chi connectivity index (χ3v) is 5.81. The summed E-state index contributed by atoms with van der Waals surface area (Å²) in [5.41, 5.74) is 6.69. The van der Waals surface area contributed by atoms with Crippen molar-refractivity contribution in [3.05, 3.63) is 71.0 Å². The molecule has 0 radical (unpaired) electrons. The van der Waals surface area contributed by atoms with Crippen molar-refractivity contribution in [2.24, 2.45) is 7.05 Å². The average molecular weight is 383 g/mol. The van der Waals surface area contributed by atoms with Crippen LogP contribution >= 0.6 is 0 Å². The normalized spacial score (nSPS) is 14.8. The van der Waals surface area contributed by atoms with Crippen LogP contribution in [0.4, 0.5) is 0 Å². The molecule has 0 bridgehead atoms. The molecule has 0 spiro atoms. The lowest BCUT2D eigenvalue weighted by Gasteiger charge is -2.06. The van der Waals surface area contributed by atoms with Gasteiger partial charge < -0.3 is 9.55 Å². The van der Waals surface area contributed by atoms with Crippen LogP contribution in [0.1, 0.15) is 22.3 Å². The number of H-pyrrole nitrogens is 1. The van der Waals surface area contributed by atoms with Gasteiger partial charge in [-0.15, -0.1) is 0 Å². The summed E-state index contributed by atoms with van der Waals surface area (Å²) in [6.07, 6.45) is 3.78. The van der Waals surface area contributed by atoms with E-state index in [-0.39, 0.29) is 11.8 Å². The van der Waals surface area contributed by atoms with E-state index in [4.69, 9.17) is 0 Å². The van der Waals surface area contributed by atoms with Crippen LogP contribution in [0.25, 0.3) is 33.0 Å². The van der Waals surface area contributed by atoms with Gasteiger partial charge in [-0.25, -0.2) is 0 Å². The van der Waals surface area contributed by atoms with Gasteiger partial charge in [0.15, 0.2) is 0 Å². The maximum absolute atomic E-state index is 13.2. The van der Waals surface area contributed by atoms with Crippen molar-refractivity contribution < 1.29 is 9.59 Å². The average Bonchev–Trinajstić information content (AvgIpc) is 3.30. The molecule has 5 nitrogen and oxygen atoms in total. The second-order valence-corrected chi connectivity index (χ2v) is 7.84. The van der Waals surface area contributed by atoms with Crippen LogP contribution in [0.5, 0.6) is 0 Å². The molecule has 0 saturated carbocycles. The van der Waals surface area contributed by atoms with Crippen LogP contribution in [-0.2, 0) is 16.6 Å². The molecule has 2 aromatic heterocycles. The number of rotatable bonds is 2. The van der Waals surface area contributed by atoms with E-state index >= 15 is 0 Å². The van der Waals surface area contributed by atoms with Gasteiger partial charge in [0.2, 0.25) is 0 Å². The molecule has 2 amide bonds. The number of likely N-dealkylation sites (N-methyl/N-ethyl adjacent to an activating group) is 1. The van der Waals surface area contributed by atoms with E-state index < -0.39 is 0 Å². The lowest BCUT2D eigenvalue weighted by molar-refractivity contribution is -0.134. The molecule has 4 aromatic rings. The van der Waals surface area contributed by atoms with Crippen LogP contribution in [0.3, 0.4) is 0 Å². The van der Waals surface area contributed by atoms with E-state index in [1.165, 1.54) is 4.90 Å². The van der Waals surface area contributed by atoms with E-state index in [2.05, 4.69) is 29.2 Å².